The quantitative estimate of drug-likeness (QED) is 0.507. The summed E-state index contributed by atoms with van der Waals surface area (Å²) >= 11 is 6.40. The van der Waals surface area contributed by atoms with Crippen LogP contribution in [0.5, 0.6) is 0 Å². The largest absolute Gasteiger partial charge is 0.303 e. The predicted octanol–water partition coefficient (Wildman–Crippen LogP) is 4.47. The molecule has 0 aliphatic carbocycles. The highest BCUT2D eigenvalue weighted by molar-refractivity contribution is 6.35. The summed E-state index contributed by atoms with van der Waals surface area (Å²) in [6.07, 6.45) is 5.60. The van der Waals surface area contributed by atoms with Crippen LogP contribution in [0.4, 0.5) is 0 Å². The van der Waals surface area contributed by atoms with Crippen molar-refractivity contribution in [1.29, 1.82) is 0 Å². The lowest BCUT2D eigenvalue weighted by molar-refractivity contribution is 0.531. The van der Waals surface area contributed by atoms with Gasteiger partial charge >= 0.3 is 0 Å². The Morgan fingerprint density at radius 3 is 2.84 bits per heavy atom. The lowest BCUT2D eigenvalue weighted by Crippen LogP contribution is -2.29. The van der Waals surface area contributed by atoms with Gasteiger partial charge in [0.05, 0.1) is 22.3 Å². The van der Waals surface area contributed by atoms with Gasteiger partial charge in [-0.05, 0) is 43.0 Å². The lowest BCUT2D eigenvalue weighted by atomic mass is 10.1. The first-order chi connectivity index (χ1) is 15.1. The molecule has 156 valence electrons. The van der Waals surface area contributed by atoms with Crippen molar-refractivity contribution < 1.29 is 0 Å². The molecular formula is C24H22ClN5O. The molecule has 1 aliphatic heterocycles. The zero-order valence-corrected chi connectivity index (χ0v) is 17.9. The third-order valence-electron chi connectivity index (χ3n) is 5.65. The van der Waals surface area contributed by atoms with E-state index >= 15 is 0 Å². The van der Waals surface area contributed by atoms with Gasteiger partial charge in [0.15, 0.2) is 0 Å². The van der Waals surface area contributed by atoms with Crippen LogP contribution in [-0.2, 0) is 13.0 Å². The fraction of sp³-hybridized carbons (Fsp3) is 0.208. The molecule has 0 fully saturated rings. The Kier molecular flexibility index (Phi) is 5.18. The number of hydrogen-bond donors (Lipinski definition) is 1. The molecule has 0 bridgehead atoms. The number of imidazole rings is 1. The van der Waals surface area contributed by atoms with Gasteiger partial charge in [0.25, 0.3) is 5.56 Å². The van der Waals surface area contributed by atoms with Crippen LogP contribution in [0.1, 0.15) is 36.6 Å². The van der Waals surface area contributed by atoms with Gasteiger partial charge in [-0.2, -0.15) is 5.10 Å². The molecule has 0 spiro atoms. The van der Waals surface area contributed by atoms with E-state index in [1.807, 2.05) is 65.6 Å². The first-order valence-corrected chi connectivity index (χ1v) is 10.7. The summed E-state index contributed by atoms with van der Waals surface area (Å²) in [7, 11) is 0. The molecule has 1 N–H and O–H groups in total. The number of nitrogens with one attached hydrogen (secondary N) is 1. The van der Waals surface area contributed by atoms with Gasteiger partial charge < -0.3 is 5.32 Å². The fourth-order valence-electron chi connectivity index (χ4n) is 4.05. The minimum Gasteiger partial charge on any atom is -0.303 e. The molecule has 1 unspecified atom stereocenters. The predicted molar refractivity (Wildman–Crippen MR) is 124 cm³/mol. The zero-order valence-electron chi connectivity index (χ0n) is 17.1. The monoisotopic (exact) mass is 431 g/mol. The highest BCUT2D eigenvalue weighted by atomic mass is 35.5. The average Bonchev–Trinajstić information content (AvgIpc) is 3.21. The van der Waals surface area contributed by atoms with Crippen molar-refractivity contribution >= 4 is 28.6 Å². The highest BCUT2D eigenvalue weighted by Crippen LogP contribution is 2.25. The van der Waals surface area contributed by atoms with E-state index in [1.165, 1.54) is 0 Å². The number of rotatable bonds is 5. The van der Waals surface area contributed by atoms with Gasteiger partial charge in [-0.3, -0.25) is 9.36 Å². The second-order valence-corrected chi connectivity index (χ2v) is 8.07. The summed E-state index contributed by atoms with van der Waals surface area (Å²) in [5.41, 5.74) is 2.55. The topological polar surface area (TPSA) is 64.2 Å². The Balaban J connectivity index is 1.56. The molecule has 5 rings (SSSR count). The van der Waals surface area contributed by atoms with Gasteiger partial charge in [-0.15, -0.1) is 0 Å². The van der Waals surface area contributed by atoms with Crippen LogP contribution in [0.2, 0.25) is 5.02 Å². The molecular weight excluding hydrogens is 410 g/mol. The average molecular weight is 432 g/mol. The van der Waals surface area contributed by atoms with Crippen LogP contribution in [-0.4, -0.2) is 20.4 Å². The van der Waals surface area contributed by atoms with Crippen molar-refractivity contribution in [2.45, 2.75) is 32.4 Å². The summed E-state index contributed by atoms with van der Waals surface area (Å²) in [4.78, 5) is 18.0. The number of pyridine rings is 1. The zero-order chi connectivity index (χ0) is 21.4. The fourth-order valence-corrected chi connectivity index (χ4v) is 4.32. The van der Waals surface area contributed by atoms with Crippen molar-refractivity contribution in [3.05, 3.63) is 93.4 Å². The molecule has 7 heteroatoms. The molecule has 3 heterocycles. The number of aryl methyl sites for hydroxylation is 1. The minimum absolute atomic E-state index is 0.102. The molecule has 1 atom stereocenters. The van der Waals surface area contributed by atoms with Crippen LogP contribution < -0.4 is 10.9 Å². The molecule has 0 saturated carbocycles. The van der Waals surface area contributed by atoms with E-state index in [0.29, 0.717) is 17.0 Å². The second kappa shape index (κ2) is 8.13. The summed E-state index contributed by atoms with van der Waals surface area (Å²) in [6, 6.07) is 17.1. The number of nitrogens with zero attached hydrogens (tertiary/aromatic N) is 4. The lowest BCUT2D eigenvalue weighted by Gasteiger charge is -2.21. The van der Waals surface area contributed by atoms with Crippen molar-refractivity contribution in [2.75, 3.05) is 0 Å². The van der Waals surface area contributed by atoms with Crippen LogP contribution >= 0.6 is 11.6 Å². The number of aromatic nitrogens is 3. The van der Waals surface area contributed by atoms with Gasteiger partial charge in [0.2, 0.25) is 0 Å². The first-order valence-electron chi connectivity index (χ1n) is 10.3. The molecule has 0 amide bonds. The molecule has 0 saturated heterocycles. The molecule has 31 heavy (non-hydrogen) atoms. The number of para-hydroxylation sites is 1. The van der Waals surface area contributed by atoms with Crippen molar-refractivity contribution in [2.24, 2.45) is 5.10 Å². The summed E-state index contributed by atoms with van der Waals surface area (Å²) in [6.45, 7) is 2.64. The summed E-state index contributed by atoms with van der Waals surface area (Å²) in [5.74, 6) is 0.980. The minimum atomic E-state index is -0.121. The molecule has 6 nitrogen and oxygen atoms in total. The van der Waals surface area contributed by atoms with E-state index in [0.717, 1.165) is 41.1 Å². The van der Waals surface area contributed by atoms with Crippen molar-refractivity contribution in [1.82, 2.24) is 19.5 Å². The number of benzene rings is 2. The van der Waals surface area contributed by atoms with E-state index in [-0.39, 0.29) is 11.6 Å². The second-order valence-electron chi connectivity index (χ2n) is 7.67. The van der Waals surface area contributed by atoms with Gasteiger partial charge in [-0.25, -0.2) is 9.66 Å². The van der Waals surface area contributed by atoms with Gasteiger partial charge in [0.1, 0.15) is 5.82 Å². The summed E-state index contributed by atoms with van der Waals surface area (Å²) < 4.78 is 3.64. The molecule has 1 aliphatic rings. The smallest absolute Gasteiger partial charge is 0.264 e. The van der Waals surface area contributed by atoms with Gasteiger partial charge in [-0.1, -0.05) is 41.9 Å². The third-order valence-corrected chi connectivity index (χ3v) is 5.96. The Morgan fingerprint density at radius 1 is 1.16 bits per heavy atom. The van der Waals surface area contributed by atoms with Crippen LogP contribution in [0.15, 0.2) is 70.7 Å². The Bertz CT molecular complexity index is 1340. The SMILES string of the molecule is CC(NCc1cnc2n1N=CCC2)c1cc2cccc(Cl)c2c(=O)n1-c1ccccc1. The Morgan fingerprint density at radius 2 is 2.00 bits per heavy atom. The van der Waals surface area contributed by atoms with E-state index in [2.05, 4.69) is 22.3 Å². The van der Waals surface area contributed by atoms with E-state index in [4.69, 9.17) is 11.6 Å². The molecule has 2 aromatic carbocycles. The Labute approximate surface area is 184 Å². The molecule has 2 aromatic heterocycles. The first kappa shape index (κ1) is 19.7. The number of hydrogen-bond acceptors (Lipinski definition) is 4. The highest BCUT2D eigenvalue weighted by Gasteiger charge is 2.19. The maximum atomic E-state index is 13.5. The normalized spacial score (nSPS) is 14.0. The number of halogens is 1. The van der Waals surface area contributed by atoms with Crippen molar-refractivity contribution in [3.63, 3.8) is 0 Å². The van der Waals surface area contributed by atoms with Crippen LogP contribution in [0, 0.1) is 0 Å². The van der Waals surface area contributed by atoms with E-state index in [9.17, 15) is 4.79 Å². The third kappa shape index (κ3) is 3.58. The standard InChI is InChI=1S/C24H22ClN5O/c1-16(26-14-19-15-27-22-11-6-12-28-30(19)22)21-13-17-7-5-10-20(25)23(17)24(31)29(21)18-8-3-2-4-9-18/h2-5,7-10,12-13,15-16,26H,6,11,14H2,1H3. The Hall–Kier alpha value is -3.22. The van der Waals surface area contributed by atoms with Gasteiger partial charge in [0, 0.05) is 36.6 Å². The maximum Gasteiger partial charge on any atom is 0.264 e. The summed E-state index contributed by atoms with van der Waals surface area (Å²) in [5, 5.41) is 9.82. The van der Waals surface area contributed by atoms with Crippen molar-refractivity contribution in [3.8, 4) is 5.69 Å². The molecule has 0 radical (unpaired) electrons. The maximum absolute atomic E-state index is 13.5. The van der Waals surface area contributed by atoms with E-state index < -0.39 is 0 Å². The van der Waals surface area contributed by atoms with E-state index in [1.54, 1.807) is 10.6 Å². The van der Waals surface area contributed by atoms with Crippen LogP contribution in [0.25, 0.3) is 16.5 Å². The molecule has 4 aromatic rings. The van der Waals surface area contributed by atoms with Crippen LogP contribution in [0.3, 0.4) is 0 Å². The number of fused-ring (bicyclic) bond motifs is 2.